The van der Waals surface area contributed by atoms with Crippen LogP contribution in [-0.4, -0.2) is 29.1 Å². The van der Waals surface area contributed by atoms with Crippen molar-refractivity contribution in [1.82, 2.24) is 10.3 Å². The molecule has 0 spiro atoms. The predicted octanol–water partition coefficient (Wildman–Crippen LogP) is 2.93. The number of amides is 2. The zero-order chi connectivity index (χ0) is 16.4. The van der Waals surface area contributed by atoms with Crippen LogP contribution < -0.4 is 5.32 Å². The van der Waals surface area contributed by atoms with Gasteiger partial charge in [0.05, 0.1) is 23.2 Å². The number of carbonyl (C=O) groups excluding carboxylic acids is 2. The van der Waals surface area contributed by atoms with Gasteiger partial charge < -0.3 is 5.32 Å². The van der Waals surface area contributed by atoms with Crippen LogP contribution in [0.2, 0.25) is 0 Å². The highest BCUT2D eigenvalue weighted by Gasteiger charge is 2.34. The van der Waals surface area contributed by atoms with Crippen LogP contribution in [0, 0.1) is 6.92 Å². The molecular formula is C16H17N3O2S2. The molecule has 5 nitrogen and oxygen atoms in total. The van der Waals surface area contributed by atoms with Gasteiger partial charge in [0.1, 0.15) is 0 Å². The third-order valence-electron chi connectivity index (χ3n) is 3.66. The van der Waals surface area contributed by atoms with E-state index in [2.05, 4.69) is 16.5 Å². The lowest BCUT2D eigenvalue weighted by atomic mass is 10.1. The number of rotatable bonds is 4. The molecule has 0 fully saturated rings. The Balaban J connectivity index is 1.88. The molecule has 0 unspecified atom stereocenters. The molecule has 2 aromatic rings. The Bertz CT molecular complexity index is 749. The molecule has 0 saturated carbocycles. The summed E-state index contributed by atoms with van der Waals surface area (Å²) >= 11 is 3.26. The monoisotopic (exact) mass is 347 g/mol. The van der Waals surface area contributed by atoms with Crippen LogP contribution in [-0.2, 0) is 9.59 Å². The fourth-order valence-corrected chi connectivity index (χ4v) is 4.28. The Morgan fingerprint density at radius 1 is 1.35 bits per heavy atom. The summed E-state index contributed by atoms with van der Waals surface area (Å²) in [6, 6.07) is 5.97. The van der Waals surface area contributed by atoms with E-state index in [1.54, 1.807) is 22.7 Å². The molecule has 1 atom stereocenters. The van der Waals surface area contributed by atoms with Crippen molar-refractivity contribution < 1.29 is 9.59 Å². The van der Waals surface area contributed by atoms with Gasteiger partial charge >= 0.3 is 0 Å². The zero-order valence-electron chi connectivity index (χ0n) is 12.9. The summed E-state index contributed by atoms with van der Waals surface area (Å²) in [6.45, 7) is 3.42. The first-order valence-corrected chi connectivity index (χ1v) is 9.04. The number of aryl methyl sites for hydroxylation is 1. The van der Waals surface area contributed by atoms with Gasteiger partial charge in [0.2, 0.25) is 5.91 Å². The molecular weight excluding hydrogens is 330 g/mol. The summed E-state index contributed by atoms with van der Waals surface area (Å²) in [6.07, 6.45) is 0.702. The van der Waals surface area contributed by atoms with Gasteiger partial charge in [0, 0.05) is 18.2 Å². The van der Waals surface area contributed by atoms with Crippen LogP contribution in [0.1, 0.15) is 34.7 Å². The number of hydrazone groups is 1. The van der Waals surface area contributed by atoms with Gasteiger partial charge in [-0.3, -0.25) is 9.59 Å². The van der Waals surface area contributed by atoms with E-state index >= 15 is 0 Å². The summed E-state index contributed by atoms with van der Waals surface area (Å²) in [5.41, 5.74) is 2.09. The first-order chi connectivity index (χ1) is 11.1. The largest absolute Gasteiger partial charge is 0.347 e. The maximum absolute atomic E-state index is 12.5. The molecule has 0 aromatic carbocycles. The van der Waals surface area contributed by atoms with E-state index in [1.807, 2.05) is 29.8 Å². The molecule has 1 N–H and O–H groups in total. The fourth-order valence-electron chi connectivity index (χ4n) is 2.54. The second-order valence-electron chi connectivity index (χ2n) is 5.36. The van der Waals surface area contributed by atoms with E-state index in [1.165, 1.54) is 17.5 Å². The van der Waals surface area contributed by atoms with Crippen molar-refractivity contribution in [1.29, 1.82) is 0 Å². The highest BCUT2D eigenvalue weighted by atomic mass is 32.1. The molecule has 3 heterocycles. The Labute approximate surface area is 142 Å². The van der Waals surface area contributed by atoms with Gasteiger partial charge in [-0.15, -0.1) is 22.7 Å². The van der Waals surface area contributed by atoms with Gasteiger partial charge in [0.25, 0.3) is 5.91 Å². The van der Waals surface area contributed by atoms with E-state index in [0.29, 0.717) is 6.42 Å². The summed E-state index contributed by atoms with van der Waals surface area (Å²) < 4.78 is 0. The van der Waals surface area contributed by atoms with Crippen molar-refractivity contribution in [2.24, 2.45) is 5.10 Å². The smallest absolute Gasteiger partial charge is 0.262 e. The molecule has 23 heavy (non-hydrogen) atoms. The number of carbonyl (C=O) groups is 2. The van der Waals surface area contributed by atoms with Crippen LogP contribution >= 0.6 is 22.7 Å². The fraction of sp³-hybridized carbons (Fsp3) is 0.312. The molecule has 2 aromatic heterocycles. The van der Waals surface area contributed by atoms with E-state index in [9.17, 15) is 9.59 Å². The SMILES string of the molecule is CC(=O)NCC(=O)N1N=C(c2cccs2)C[C@H]1c1sccc1C. The first-order valence-electron chi connectivity index (χ1n) is 7.28. The molecule has 0 bridgehead atoms. The minimum Gasteiger partial charge on any atom is -0.347 e. The number of hydrogen-bond acceptors (Lipinski definition) is 5. The lowest BCUT2D eigenvalue weighted by molar-refractivity contribution is -0.134. The van der Waals surface area contributed by atoms with Crippen molar-refractivity contribution >= 4 is 40.2 Å². The topological polar surface area (TPSA) is 61.8 Å². The Morgan fingerprint density at radius 2 is 2.17 bits per heavy atom. The zero-order valence-corrected chi connectivity index (χ0v) is 14.5. The Morgan fingerprint density at radius 3 is 2.78 bits per heavy atom. The minimum atomic E-state index is -0.219. The van der Waals surface area contributed by atoms with Crippen LogP contribution in [0.4, 0.5) is 0 Å². The maximum Gasteiger partial charge on any atom is 0.262 e. The third-order valence-corrected chi connectivity index (χ3v) is 5.70. The average Bonchev–Trinajstić information content (AvgIpc) is 3.23. The Kier molecular flexibility index (Phi) is 4.58. The quantitative estimate of drug-likeness (QED) is 0.924. The van der Waals surface area contributed by atoms with Crippen molar-refractivity contribution in [2.75, 3.05) is 6.54 Å². The van der Waals surface area contributed by atoms with Gasteiger partial charge in [0.15, 0.2) is 0 Å². The molecule has 0 radical (unpaired) electrons. The number of nitrogens with one attached hydrogen (secondary N) is 1. The second kappa shape index (κ2) is 6.64. The Hall–Kier alpha value is -1.99. The maximum atomic E-state index is 12.5. The lowest BCUT2D eigenvalue weighted by Gasteiger charge is -2.21. The molecule has 0 aliphatic carbocycles. The van der Waals surface area contributed by atoms with Crippen molar-refractivity contribution in [2.45, 2.75) is 26.3 Å². The third kappa shape index (κ3) is 3.35. The number of hydrogen-bond donors (Lipinski definition) is 1. The molecule has 1 aliphatic rings. The van der Waals surface area contributed by atoms with E-state index in [-0.39, 0.29) is 24.4 Å². The van der Waals surface area contributed by atoms with Crippen LogP contribution in [0.25, 0.3) is 0 Å². The standard InChI is InChI=1S/C16H17N3O2S2/c1-10-5-7-23-16(10)13-8-12(14-4-3-6-22-14)18-19(13)15(21)9-17-11(2)20/h3-7,13H,8-9H2,1-2H3,(H,17,20)/t13-/m0/s1. The van der Waals surface area contributed by atoms with Crippen molar-refractivity contribution in [3.63, 3.8) is 0 Å². The van der Waals surface area contributed by atoms with E-state index in [4.69, 9.17) is 0 Å². The molecule has 120 valence electrons. The summed E-state index contributed by atoms with van der Waals surface area (Å²) in [7, 11) is 0. The molecule has 2 amide bonds. The summed E-state index contributed by atoms with van der Waals surface area (Å²) in [5, 5.41) is 12.7. The van der Waals surface area contributed by atoms with E-state index in [0.717, 1.165) is 15.5 Å². The predicted molar refractivity (Wildman–Crippen MR) is 92.8 cm³/mol. The van der Waals surface area contributed by atoms with Crippen molar-refractivity contribution in [3.05, 3.63) is 44.3 Å². The van der Waals surface area contributed by atoms with Gasteiger partial charge in [-0.05, 0) is 35.4 Å². The van der Waals surface area contributed by atoms with Crippen LogP contribution in [0.5, 0.6) is 0 Å². The van der Waals surface area contributed by atoms with Crippen molar-refractivity contribution in [3.8, 4) is 0 Å². The number of thiophene rings is 2. The van der Waals surface area contributed by atoms with Gasteiger partial charge in [-0.2, -0.15) is 5.10 Å². The molecule has 7 heteroatoms. The minimum absolute atomic E-state index is 0.0303. The summed E-state index contributed by atoms with van der Waals surface area (Å²) in [5.74, 6) is -0.409. The average molecular weight is 347 g/mol. The molecule has 3 rings (SSSR count). The van der Waals surface area contributed by atoms with Crippen LogP contribution in [0.15, 0.2) is 34.1 Å². The molecule has 0 saturated heterocycles. The lowest BCUT2D eigenvalue weighted by Crippen LogP contribution is -2.37. The van der Waals surface area contributed by atoms with Gasteiger partial charge in [-0.25, -0.2) is 5.01 Å². The first kappa shape index (κ1) is 15.9. The van der Waals surface area contributed by atoms with Crippen LogP contribution in [0.3, 0.4) is 0 Å². The summed E-state index contributed by atoms with van der Waals surface area (Å²) in [4.78, 5) is 25.8. The number of nitrogens with zero attached hydrogens (tertiary/aromatic N) is 2. The molecule has 1 aliphatic heterocycles. The van der Waals surface area contributed by atoms with Gasteiger partial charge in [-0.1, -0.05) is 6.07 Å². The normalized spacial score (nSPS) is 17.2. The highest BCUT2D eigenvalue weighted by molar-refractivity contribution is 7.12. The second-order valence-corrected chi connectivity index (χ2v) is 7.26. The highest BCUT2D eigenvalue weighted by Crippen LogP contribution is 2.37. The van der Waals surface area contributed by atoms with E-state index < -0.39 is 0 Å².